The Hall–Kier alpha value is -5.00. The van der Waals surface area contributed by atoms with Crippen LogP contribution in [0.15, 0.2) is 48.5 Å². The van der Waals surface area contributed by atoms with E-state index in [1.165, 1.54) is 11.0 Å². The Balaban J connectivity index is 0.000000174. The van der Waals surface area contributed by atoms with Crippen LogP contribution in [0.4, 0.5) is 0 Å². The normalized spacial score (nSPS) is 16.8. The molecule has 1 fully saturated rings. The van der Waals surface area contributed by atoms with E-state index in [2.05, 4.69) is 23.8 Å². The van der Waals surface area contributed by atoms with Gasteiger partial charge in [0.05, 0.1) is 22.1 Å². The number of imide groups is 2. The van der Waals surface area contributed by atoms with Crippen molar-refractivity contribution >= 4 is 57.5 Å². The molecule has 216 valence electrons. The van der Waals surface area contributed by atoms with E-state index in [0.29, 0.717) is 11.0 Å². The Morgan fingerprint density at radius 2 is 1.14 bits per heavy atom. The van der Waals surface area contributed by atoms with Crippen molar-refractivity contribution in [3.05, 3.63) is 60.2 Å². The number of carbonyl (C=O) groups is 6. The molecule has 4 aromatic rings. The Bertz CT molecular complexity index is 1820. The second kappa shape index (κ2) is 9.82. The van der Waals surface area contributed by atoms with Gasteiger partial charge in [-0.3, -0.25) is 47.7 Å². The minimum atomic E-state index is -1.93. The number of benzene rings is 2. The number of rotatable bonds is 2. The second-order valence-corrected chi connectivity index (χ2v) is 10.9. The maximum Gasteiger partial charge on any atom is 0.265 e. The van der Waals surface area contributed by atoms with Crippen molar-refractivity contribution < 1.29 is 28.8 Å². The maximum atomic E-state index is 12.6. The summed E-state index contributed by atoms with van der Waals surface area (Å²) < 4.78 is 2.95. The zero-order valence-electron chi connectivity index (χ0n) is 24.2. The summed E-state index contributed by atoms with van der Waals surface area (Å²) >= 11 is 0. The number of carbonyl (C=O) groups excluding carboxylic acids is 6. The number of para-hydroxylation sites is 4. The Kier molecular flexibility index (Phi) is 6.67. The van der Waals surface area contributed by atoms with E-state index < -0.39 is 47.0 Å². The molecule has 7 rings (SSSR count). The molecule has 3 aliphatic rings. The van der Waals surface area contributed by atoms with Gasteiger partial charge in [0, 0.05) is 13.8 Å². The zero-order chi connectivity index (χ0) is 30.7. The van der Waals surface area contributed by atoms with E-state index >= 15 is 0 Å². The summed E-state index contributed by atoms with van der Waals surface area (Å²) in [6, 6.07) is 14.5. The highest BCUT2D eigenvalue weighted by molar-refractivity contribution is 6.43. The largest absolute Gasteiger partial charge is 0.275 e. The number of nitrogens with zero attached hydrogens (tertiary/aromatic N) is 6. The first kappa shape index (κ1) is 28.5. The third-order valence-corrected chi connectivity index (χ3v) is 7.45. The highest BCUT2D eigenvalue weighted by Gasteiger charge is 2.76. The van der Waals surface area contributed by atoms with Crippen LogP contribution in [0.5, 0.6) is 0 Å². The average molecular weight is 571 g/mol. The van der Waals surface area contributed by atoms with Crippen LogP contribution in [0.1, 0.15) is 69.2 Å². The summed E-state index contributed by atoms with van der Waals surface area (Å²) in [6.07, 6.45) is 1.25. The molecule has 5 heterocycles. The first-order valence-corrected chi connectivity index (χ1v) is 13.6. The summed E-state index contributed by atoms with van der Waals surface area (Å²) in [5, 5.41) is 0. The molecule has 1 saturated heterocycles. The van der Waals surface area contributed by atoms with Crippen molar-refractivity contribution in [1.82, 2.24) is 28.9 Å². The van der Waals surface area contributed by atoms with Crippen LogP contribution in [0.2, 0.25) is 0 Å². The molecule has 0 radical (unpaired) electrons. The van der Waals surface area contributed by atoms with Crippen LogP contribution >= 0.6 is 0 Å². The van der Waals surface area contributed by atoms with Gasteiger partial charge in [-0.15, -0.1) is 0 Å². The van der Waals surface area contributed by atoms with Gasteiger partial charge in [-0.25, -0.2) is 9.97 Å². The molecule has 2 aromatic carbocycles. The number of aromatic nitrogens is 4. The number of fused-ring (bicyclic) bond motifs is 7. The summed E-state index contributed by atoms with van der Waals surface area (Å²) in [6.45, 7) is 9.88. The van der Waals surface area contributed by atoms with E-state index in [1.807, 2.05) is 38.1 Å². The number of hydrogen-bond donors (Lipinski definition) is 0. The summed E-state index contributed by atoms with van der Waals surface area (Å²) in [5.74, 6) is -2.27. The lowest BCUT2D eigenvalue weighted by Crippen LogP contribution is -2.79. The summed E-state index contributed by atoms with van der Waals surface area (Å²) in [5.41, 5.74) is 0.530. The third-order valence-electron chi connectivity index (χ3n) is 7.45. The maximum absolute atomic E-state index is 12.6. The van der Waals surface area contributed by atoms with Crippen molar-refractivity contribution in [3.8, 4) is 0 Å². The molecule has 0 N–H and O–H groups in total. The Labute approximate surface area is 240 Å². The van der Waals surface area contributed by atoms with Crippen LogP contribution < -0.4 is 0 Å². The molecule has 12 nitrogen and oxygen atoms in total. The molecule has 2 aromatic heterocycles. The van der Waals surface area contributed by atoms with Crippen LogP contribution in [0.25, 0.3) is 22.1 Å². The van der Waals surface area contributed by atoms with Gasteiger partial charge in [0.15, 0.2) is 5.82 Å². The van der Waals surface area contributed by atoms with E-state index in [1.54, 1.807) is 28.8 Å². The number of amides is 4. The fourth-order valence-corrected chi connectivity index (χ4v) is 5.27. The van der Waals surface area contributed by atoms with E-state index in [-0.39, 0.29) is 11.7 Å². The first-order chi connectivity index (χ1) is 19.8. The highest BCUT2D eigenvalue weighted by Crippen LogP contribution is 2.47. The van der Waals surface area contributed by atoms with Crippen LogP contribution in [0.3, 0.4) is 0 Å². The molecule has 3 aliphatic heterocycles. The van der Waals surface area contributed by atoms with Crippen molar-refractivity contribution in [1.29, 1.82) is 0 Å². The van der Waals surface area contributed by atoms with E-state index in [9.17, 15) is 28.8 Å². The molecule has 0 saturated carbocycles. The quantitative estimate of drug-likeness (QED) is 0.264. The topological polar surface area (TPSA) is 145 Å². The number of likely N-dealkylation sites (tertiary alicyclic amines) is 1. The van der Waals surface area contributed by atoms with Crippen LogP contribution in [0, 0.1) is 0 Å². The monoisotopic (exact) mass is 570 g/mol. The lowest BCUT2D eigenvalue weighted by Gasteiger charge is -2.49. The van der Waals surface area contributed by atoms with E-state index in [4.69, 9.17) is 0 Å². The SMILES string of the molecule is CC(=O)N(CN1C(=O)C2(C1=O)C(=O)n1c2nc2ccccc21)C(C)=O.CC1(C)C(=O)n2c1nc1ccccc12.CCC. The van der Waals surface area contributed by atoms with Crippen LogP contribution in [-0.4, -0.2) is 71.0 Å². The predicted molar refractivity (Wildman–Crippen MR) is 151 cm³/mol. The molecule has 0 unspecified atom stereocenters. The molecule has 12 heteroatoms. The fourth-order valence-electron chi connectivity index (χ4n) is 5.27. The number of hydrogen-bond acceptors (Lipinski definition) is 8. The molecule has 0 atom stereocenters. The minimum absolute atomic E-state index is 0.0853. The molecular formula is C30H30N6O6. The number of imidazole rings is 2. The molecule has 1 spiro atoms. The minimum Gasteiger partial charge on any atom is -0.275 e. The molecule has 0 aliphatic carbocycles. The van der Waals surface area contributed by atoms with Gasteiger partial charge in [0.1, 0.15) is 17.9 Å². The molecule has 42 heavy (non-hydrogen) atoms. The predicted octanol–water partition coefficient (Wildman–Crippen LogP) is 3.03. The van der Waals surface area contributed by atoms with Gasteiger partial charge in [0.2, 0.25) is 17.7 Å². The Morgan fingerprint density at radius 3 is 1.62 bits per heavy atom. The van der Waals surface area contributed by atoms with Crippen molar-refractivity contribution in [3.63, 3.8) is 0 Å². The van der Waals surface area contributed by atoms with Gasteiger partial charge in [-0.05, 0) is 38.1 Å². The van der Waals surface area contributed by atoms with Gasteiger partial charge in [-0.1, -0.05) is 44.5 Å². The number of β-lactam (4-membered cyclic amide) rings is 2. The fraction of sp³-hybridized carbons (Fsp3) is 0.333. The molecular weight excluding hydrogens is 540 g/mol. The van der Waals surface area contributed by atoms with Gasteiger partial charge < -0.3 is 0 Å². The van der Waals surface area contributed by atoms with E-state index in [0.717, 1.165) is 40.5 Å². The van der Waals surface area contributed by atoms with Crippen molar-refractivity contribution in [2.24, 2.45) is 0 Å². The zero-order valence-corrected chi connectivity index (χ0v) is 24.2. The third kappa shape index (κ3) is 3.67. The molecule has 0 bridgehead atoms. The summed E-state index contributed by atoms with van der Waals surface area (Å²) in [4.78, 5) is 82.6. The van der Waals surface area contributed by atoms with Gasteiger partial charge >= 0.3 is 0 Å². The lowest BCUT2D eigenvalue weighted by molar-refractivity contribution is -0.172. The first-order valence-electron chi connectivity index (χ1n) is 13.6. The lowest BCUT2D eigenvalue weighted by atomic mass is 9.71. The van der Waals surface area contributed by atoms with Crippen LogP contribution in [-0.2, 0) is 30.0 Å². The standard InChI is InChI=1S/C16H12N4O5.C11H10N2O.C3H8/c1-8(21)18(9(2)22)7-19-13(23)16(14(19)24)12-17-10-5-3-4-6-11(10)20(12)15(16)25;1-11(2)9-12-7-5-3-4-6-8(7)13(9)10(11)14;1-3-2/h3-6H,7H2,1-2H3;3-6H,1-2H3;3H2,1-2H3. The van der Waals surface area contributed by atoms with Crippen molar-refractivity contribution in [2.75, 3.05) is 6.67 Å². The average Bonchev–Trinajstić information content (AvgIpc) is 3.49. The smallest absolute Gasteiger partial charge is 0.265 e. The van der Waals surface area contributed by atoms with Crippen molar-refractivity contribution in [2.45, 2.75) is 58.8 Å². The molecule has 4 amide bonds. The Morgan fingerprint density at radius 1 is 0.714 bits per heavy atom. The highest BCUT2D eigenvalue weighted by atomic mass is 16.2. The summed E-state index contributed by atoms with van der Waals surface area (Å²) in [7, 11) is 0. The second-order valence-electron chi connectivity index (χ2n) is 10.9. The van der Waals surface area contributed by atoms with Gasteiger partial charge in [-0.2, -0.15) is 0 Å². The van der Waals surface area contributed by atoms with Gasteiger partial charge in [0.25, 0.3) is 23.1 Å².